The number of amides is 1. The van der Waals surface area contributed by atoms with Crippen molar-refractivity contribution in [3.05, 3.63) is 5.73 Å². The van der Waals surface area contributed by atoms with E-state index in [2.05, 4.69) is 9.98 Å². The minimum Gasteiger partial charge on any atom is -0.667 e. The fourth-order valence-electron chi connectivity index (χ4n) is 0.660. The Hall–Kier alpha value is 0.264. The molecule has 1 radical (unpaired) electrons. The van der Waals surface area contributed by atoms with Crippen LogP contribution in [0.1, 0.15) is 6.92 Å². The van der Waals surface area contributed by atoms with Gasteiger partial charge in [0.1, 0.15) is 5.84 Å². The van der Waals surface area contributed by atoms with E-state index in [4.69, 9.17) is 5.73 Å². The zero-order valence-electron chi connectivity index (χ0n) is 6.70. The summed E-state index contributed by atoms with van der Waals surface area (Å²) in [4.78, 5) is 18.3. The van der Waals surface area contributed by atoms with Gasteiger partial charge in [-0.05, 0) is 6.92 Å². The third-order valence-corrected chi connectivity index (χ3v) is 2.06. The molecular formula is C6H8N3OSY-. The van der Waals surface area contributed by atoms with Gasteiger partial charge in [0.05, 0.1) is 17.5 Å². The monoisotopic (exact) mass is 259 g/mol. The number of carbonyl (C=O) groups excluding carboxylic acids is 1. The van der Waals surface area contributed by atoms with Crippen molar-refractivity contribution in [3.8, 4) is 0 Å². The topological polar surface area (TPSA) is 65.6 Å². The van der Waals surface area contributed by atoms with Crippen LogP contribution in [0.3, 0.4) is 0 Å². The Labute approximate surface area is 100 Å². The predicted molar refractivity (Wildman–Crippen MR) is 47.2 cm³/mol. The third kappa shape index (κ3) is 4.33. The van der Waals surface area contributed by atoms with Gasteiger partial charge in [-0.2, -0.15) is 0 Å². The molecule has 1 aliphatic heterocycles. The fourth-order valence-corrected chi connectivity index (χ4v) is 1.31. The molecule has 1 aliphatic rings. The molecule has 0 aliphatic carbocycles. The Kier molecular flexibility index (Phi) is 5.96. The maximum absolute atomic E-state index is 10.2. The first-order valence-corrected chi connectivity index (χ1v) is 4.13. The molecule has 0 spiro atoms. The Bertz CT molecular complexity index is 239. The van der Waals surface area contributed by atoms with Crippen LogP contribution in [-0.4, -0.2) is 29.1 Å². The van der Waals surface area contributed by atoms with Gasteiger partial charge < -0.3 is 10.5 Å². The van der Waals surface area contributed by atoms with E-state index in [0.717, 1.165) is 10.9 Å². The Morgan fingerprint density at radius 2 is 2.42 bits per heavy atom. The van der Waals surface area contributed by atoms with Crippen LogP contribution in [0.15, 0.2) is 9.98 Å². The average Bonchev–Trinajstić information content (AvgIpc) is 2.31. The molecular weight excluding hydrogens is 251 g/mol. The molecule has 4 nitrogen and oxygen atoms in total. The van der Waals surface area contributed by atoms with Gasteiger partial charge in [0, 0.05) is 38.5 Å². The summed E-state index contributed by atoms with van der Waals surface area (Å²) < 4.78 is 0. The smallest absolute Gasteiger partial charge is 0.121 e. The molecule has 0 aromatic rings. The molecule has 0 fully saturated rings. The molecule has 1 heterocycles. The second kappa shape index (κ2) is 5.83. The van der Waals surface area contributed by atoms with Crippen molar-refractivity contribution >= 4 is 28.5 Å². The summed E-state index contributed by atoms with van der Waals surface area (Å²) in [6, 6.07) is 0. The Morgan fingerprint density at radius 1 is 1.75 bits per heavy atom. The van der Waals surface area contributed by atoms with Crippen LogP contribution in [0.2, 0.25) is 0 Å². The summed E-state index contributed by atoms with van der Waals surface area (Å²) in [6.45, 7) is 2.39. The molecule has 63 valence electrons. The maximum atomic E-state index is 10.2. The van der Waals surface area contributed by atoms with Gasteiger partial charge in [-0.1, -0.05) is 0 Å². The number of hydrogen-bond acceptors (Lipinski definition) is 4. The van der Waals surface area contributed by atoms with Gasteiger partial charge in [-0.3, -0.25) is 4.99 Å². The molecule has 0 atom stereocenters. The van der Waals surface area contributed by atoms with Crippen molar-refractivity contribution in [1.29, 1.82) is 0 Å². The predicted octanol–water partition coefficient (Wildman–Crippen LogP) is 1.13. The Morgan fingerprint density at radius 3 is 2.83 bits per heavy atom. The number of thioether (sulfide) groups is 1. The van der Waals surface area contributed by atoms with E-state index in [1.54, 1.807) is 0 Å². The average molecular weight is 259 g/mol. The van der Waals surface area contributed by atoms with Crippen molar-refractivity contribution in [2.75, 3.05) is 12.3 Å². The van der Waals surface area contributed by atoms with E-state index in [0.29, 0.717) is 6.54 Å². The van der Waals surface area contributed by atoms with E-state index in [1.807, 2.05) is 6.92 Å². The van der Waals surface area contributed by atoms with Gasteiger partial charge >= 0.3 is 0 Å². The summed E-state index contributed by atoms with van der Waals surface area (Å²) in [5, 5.41) is 0.836. The number of carbonyl (C=O) groups is 1. The van der Waals surface area contributed by atoms with Gasteiger partial charge in [0.25, 0.3) is 0 Å². The maximum Gasteiger partial charge on any atom is 0.121 e. The fraction of sp³-hybridized carbons (Fsp3) is 0.500. The second-order valence-corrected chi connectivity index (χ2v) is 3.13. The van der Waals surface area contributed by atoms with Gasteiger partial charge in [-0.15, -0.1) is 11.8 Å². The molecule has 0 aromatic carbocycles. The summed E-state index contributed by atoms with van der Waals surface area (Å²) in [5.74, 6) is 0.369. The molecule has 1 rings (SSSR count). The van der Waals surface area contributed by atoms with Crippen molar-refractivity contribution in [3.63, 3.8) is 0 Å². The first-order valence-electron chi connectivity index (χ1n) is 3.14. The molecule has 6 heteroatoms. The quantitative estimate of drug-likeness (QED) is 0.746. The molecule has 0 saturated heterocycles. The normalized spacial score (nSPS) is 14.8. The van der Waals surface area contributed by atoms with Gasteiger partial charge in [0.2, 0.25) is 0 Å². The molecule has 12 heavy (non-hydrogen) atoms. The van der Waals surface area contributed by atoms with Gasteiger partial charge in [-0.25, -0.2) is 4.99 Å². The molecule has 0 bridgehead atoms. The van der Waals surface area contributed by atoms with Crippen molar-refractivity contribution in [1.82, 2.24) is 0 Å². The van der Waals surface area contributed by atoms with Crippen LogP contribution >= 0.6 is 11.8 Å². The van der Waals surface area contributed by atoms with Crippen molar-refractivity contribution in [2.45, 2.75) is 6.92 Å². The number of nitrogens with one attached hydrogen (secondary N) is 1. The first kappa shape index (κ1) is 12.3. The number of amidine groups is 1. The minimum absolute atomic E-state index is 0. The van der Waals surface area contributed by atoms with Crippen molar-refractivity contribution < 1.29 is 37.5 Å². The summed E-state index contributed by atoms with van der Waals surface area (Å²) >= 11 is 1.29. The van der Waals surface area contributed by atoms with E-state index in [-0.39, 0.29) is 38.5 Å². The third-order valence-electron chi connectivity index (χ3n) is 1.10. The first-order chi connectivity index (χ1) is 5.18. The SMILES string of the molecule is CC1=NCC(SCC([NH-])=O)=N1.[Y]. The number of rotatable bonds is 2. The Balaban J connectivity index is 0.00000121. The molecule has 1 amide bonds. The van der Waals surface area contributed by atoms with Crippen LogP contribution in [-0.2, 0) is 37.5 Å². The van der Waals surface area contributed by atoms with Crippen LogP contribution in [0, 0.1) is 0 Å². The summed E-state index contributed by atoms with van der Waals surface area (Å²) in [6.07, 6.45) is 0. The molecule has 0 aromatic heterocycles. The van der Waals surface area contributed by atoms with E-state index >= 15 is 0 Å². The number of hydrogen-bond donors (Lipinski definition) is 0. The standard InChI is InChI=1S/C6H9N3OS.Y/c1-4-8-2-6(9-4)11-3-5(7)10;/h2-3H2,1H3,(H2,7,10);/p-1. The molecule has 0 unspecified atom stereocenters. The zero-order valence-corrected chi connectivity index (χ0v) is 10.4. The van der Waals surface area contributed by atoms with Crippen LogP contribution < -0.4 is 0 Å². The van der Waals surface area contributed by atoms with Gasteiger partial charge in [0.15, 0.2) is 0 Å². The molecule has 0 saturated carbocycles. The second-order valence-electron chi connectivity index (χ2n) is 2.08. The van der Waals surface area contributed by atoms with Crippen LogP contribution in [0.25, 0.3) is 5.73 Å². The number of aliphatic imine (C=N–C) groups is 2. The van der Waals surface area contributed by atoms with E-state index < -0.39 is 5.91 Å². The van der Waals surface area contributed by atoms with Crippen LogP contribution in [0.4, 0.5) is 0 Å². The van der Waals surface area contributed by atoms with Crippen molar-refractivity contribution in [2.24, 2.45) is 9.98 Å². The zero-order chi connectivity index (χ0) is 8.27. The van der Waals surface area contributed by atoms with E-state index in [9.17, 15) is 4.79 Å². The largest absolute Gasteiger partial charge is 0.667 e. The molecule has 1 N–H and O–H groups in total. The summed E-state index contributed by atoms with van der Waals surface area (Å²) in [5.41, 5.74) is 6.64. The minimum atomic E-state index is -0.567. The van der Waals surface area contributed by atoms with E-state index in [1.165, 1.54) is 11.8 Å². The number of nitrogens with zero attached hydrogens (tertiary/aromatic N) is 2. The van der Waals surface area contributed by atoms with Crippen LogP contribution in [0.5, 0.6) is 0 Å². The summed E-state index contributed by atoms with van der Waals surface area (Å²) in [7, 11) is 0.